The van der Waals surface area contributed by atoms with Gasteiger partial charge in [-0.25, -0.2) is 4.39 Å². The van der Waals surface area contributed by atoms with E-state index in [0.717, 1.165) is 5.69 Å². The number of carbonyl (C=O) groups is 2. The predicted octanol–water partition coefficient (Wildman–Crippen LogP) is 4.59. The van der Waals surface area contributed by atoms with Crippen molar-refractivity contribution in [2.75, 3.05) is 50.6 Å². The fraction of sp³-hybridized carbons (Fsp3) is 0.222. The van der Waals surface area contributed by atoms with E-state index in [0.29, 0.717) is 54.0 Å². The van der Waals surface area contributed by atoms with E-state index in [1.165, 1.54) is 26.4 Å². The normalized spacial score (nSPS) is 13.1. The van der Waals surface area contributed by atoms with Crippen LogP contribution in [0.1, 0.15) is 20.7 Å². The fourth-order valence-electron chi connectivity index (χ4n) is 4.11. The van der Waals surface area contributed by atoms with Gasteiger partial charge in [-0.2, -0.15) is 0 Å². The first-order chi connectivity index (χ1) is 18.3. The molecule has 1 aliphatic rings. The van der Waals surface area contributed by atoms with Gasteiger partial charge in [-0.15, -0.1) is 0 Å². The molecule has 11 heteroatoms. The van der Waals surface area contributed by atoms with Crippen molar-refractivity contribution >= 4 is 52.1 Å². The molecule has 0 unspecified atom stereocenters. The molecule has 198 valence electrons. The van der Waals surface area contributed by atoms with Crippen LogP contribution in [0, 0.1) is 5.82 Å². The monoisotopic (exact) mass is 556 g/mol. The number of nitrogens with zero attached hydrogens (tertiary/aromatic N) is 2. The van der Waals surface area contributed by atoms with Crippen LogP contribution in [0.4, 0.5) is 15.8 Å². The minimum Gasteiger partial charge on any atom is -0.497 e. The van der Waals surface area contributed by atoms with Crippen molar-refractivity contribution in [1.29, 1.82) is 0 Å². The third kappa shape index (κ3) is 6.32. The lowest BCUT2D eigenvalue weighted by molar-refractivity contribution is 0.0742. The number of benzene rings is 3. The van der Waals surface area contributed by atoms with Crippen LogP contribution in [0.5, 0.6) is 11.5 Å². The van der Waals surface area contributed by atoms with Gasteiger partial charge in [0.05, 0.1) is 31.2 Å². The van der Waals surface area contributed by atoms with Crippen LogP contribution in [0.25, 0.3) is 0 Å². The molecule has 0 atom stereocenters. The Morgan fingerprint density at radius 3 is 2.24 bits per heavy atom. The Kier molecular flexibility index (Phi) is 8.65. The van der Waals surface area contributed by atoms with Crippen molar-refractivity contribution < 1.29 is 23.5 Å². The van der Waals surface area contributed by atoms with Gasteiger partial charge >= 0.3 is 0 Å². The Balaban J connectivity index is 1.43. The number of halogens is 2. The van der Waals surface area contributed by atoms with E-state index in [1.54, 1.807) is 47.4 Å². The van der Waals surface area contributed by atoms with Gasteiger partial charge in [0.25, 0.3) is 11.8 Å². The van der Waals surface area contributed by atoms with Crippen molar-refractivity contribution in [3.05, 3.63) is 82.6 Å². The van der Waals surface area contributed by atoms with E-state index in [-0.39, 0.29) is 16.6 Å². The molecule has 1 heterocycles. The van der Waals surface area contributed by atoms with Gasteiger partial charge in [0, 0.05) is 42.8 Å². The second kappa shape index (κ2) is 12.1. The molecule has 2 amide bonds. The lowest BCUT2D eigenvalue weighted by Gasteiger charge is -2.37. The molecular formula is C27H26ClFN4O4S. The number of nitrogens with one attached hydrogen (secondary N) is 2. The van der Waals surface area contributed by atoms with Crippen molar-refractivity contribution in [1.82, 2.24) is 10.2 Å². The molecule has 0 aromatic heterocycles. The Labute approximate surface area is 230 Å². The molecule has 8 nitrogen and oxygen atoms in total. The molecule has 3 aromatic rings. The van der Waals surface area contributed by atoms with Crippen LogP contribution >= 0.6 is 23.8 Å². The summed E-state index contributed by atoms with van der Waals surface area (Å²) in [6, 6.07) is 16.1. The van der Waals surface area contributed by atoms with Gasteiger partial charge in [-0.3, -0.25) is 14.9 Å². The number of hydrogen-bond donors (Lipinski definition) is 2. The van der Waals surface area contributed by atoms with E-state index < -0.39 is 11.7 Å². The summed E-state index contributed by atoms with van der Waals surface area (Å²) < 4.78 is 24.5. The summed E-state index contributed by atoms with van der Waals surface area (Å²) in [5.41, 5.74) is 1.77. The third-order valence-corrected chi connectivity index (χ3v) is 6.50. The van der Waals surface area contributed by atoms with Crippen LogP contribution < -0.4 is 25.0 Å². The van der Waals surface area contributed by atoms with E-state index in [1.807, 2.05) is 6.07 Å². The lowest BCUT2D eigenvalue weighted by Crippen LogP contribution is -2.49. The Morgan fingerprint density at radius 1 is 0.947 bits per heavy atom. The van der Waals surface area contributed by atoms with Crippen LogP contribution in [-0.4, -0.2) is 62.2 Å². The van der Waals surface area contributed by atoms with Crippen LogP contribution in [-0.2, 0) is 0 Å². The maximum atomic E-state index is 14.1. The topological polar surface area (TPSA) is 83.1 Å². The molecule has 38 heavy (non-hydrogen) atoms. The van der Waals surface area contributed by atoms with E-state index in [4.69, 9.17) is 33.3 Å². The average molecular weight is 557 g/mol. The Bertz CT molecular complexity index is 1340. The largest absolute Gasteiger partial charge is 0.497 e. The predicted molar refractivity (Wildman–Crippen MR) is 149 cm³/mol. The van der Waals surface area contributed by atoms with E-state index >= 15 is 0 Å². The number of methoxy groups -OCH3 is 2. The fourth-order valence-corrected chi connectivity index (χ4v) is 4.48. The smallest absolute Gasteiger partial charge is 0.257 e. The van der Waals surface area contributed by atoms with Gasteiger partial charge in [0.15, 0.2) is 5.11 Å². The number of carbonyl (C=O) groups excluding carboxylic acids is 2. The summed E-state index contributed by atoms with van der Waals surface area (Å²) in [6.07, 6.45) is 0. The highest BCUT2D eigenvalue weighted by atomic mass is 35.5. The van der Waals surface area contributed by atoms with E-state index in [2.05, 4.69) is 15.5 Å². The second-order valence-corrected chi connectivity index (χ2v) is 9.27. The minimum absolute atomic E-state index is 0.0598. The molecule has 0 aliphatic carbocycles. The zero-order valence-electron chi connectivity index (χ0n) is 20.8. The van der Waals surface area contributed by atoms with Gasteiger partial charge in [-0.1, -0.05) is 23.7 Å². The molecule has 1 fully saturated rings. The van der Waals surface area contributed by atoms with Crippen molar-refractivity contribution in [3.63, 3.8) is 0 Å². The van der Waals surface area contributed by atoms with Crippen LogP contribution in [0.3, 0.4) is 0 Å². The quantitative estimate of drug-likeness (QED) is 0.430. The van der Waals surface area contributed by atoms with Gasteiger partial charge in [-0.05, 0) is 54.7 Å². The molecule has 0 radical (unpaired) electrons. The van der Waals surface area contributed by atoms with Crippen molar-refractivity contribution in [3.8, 4) is 11.5 Å². The Hall–Kier alpha value is -3.89. The van der Waals surface area contributed by atoms with Gasteiger partial charge in [0.2, 0.25) is 0 Å². The molecule has 2 N–H and O–H groups in total. The highest BCUT2D eigenvalue weighted by Gasteiger charge is 2.25. The maximum absolute atomic E-state index is 14.1. The molecule has 3 aromatic carbocycles. The molecule has 4 rings (SSSR count). The zero-order chi connectivity index (χ0) is 27.2. The summed E-state index contributed by atoms with van der Waals surface area (Å²) in [5, 5.41) is 6.28. The standard InChI is InChI=1S/C27H26ClFN4O4S/c1-36-19-13-17(14-20(16-19)37-2)25(34)31-27(38)30-23-15-18(28)7-8-24(23)32-9-11-33(12-10-32)26(35)21-5-3-4-6-22(21)29/h3-8,13-16H,9-12H2,1-2H3,(H2,30,31,34,38). The summed E-state index contributed by atoms with van der Waals surface area (Å²) in [4.78, 5) is 29.3. The number of piperazine rings is 1. The first kappa shape index (κ1) is 27.2. The van der Waals surface area contributed by atoms with Crippen molar-refractivity contribution in [2.45, 2.75) is 0 Å². The molecule has 1 saturated heterocycles. The molecular weight excluding hydrogens is 531 g/mol. The number of ether oxygens (including phenoxy) is 2. The van der Waals surface area contributed by atoms with Crippen LogP contribution in [0.2, 0.25) is 5.02 Å². The number of amides is 2. The first-order valence-corrected chi connectivity index (χ1v) is 12.5. The lowest BCUT2D eigenvalue weighted by atomic mass is 10.1. The summed E-state index contributed by atoms with van der Waals surface area (Å²) >= 11 is 11.7. The second-order valence-electron chi connectivity index (χ2n) is 8.43. The zero-order valence-corrected chi connectivity index (χ0v) is 22.4. The summed E-state index contributed by atoms with van der Waals surface area (Å²) in [6.45, 7) is 1.85. The number of anilines is 2. The average Bonchev–Trinajstić information content (AvgIpc) is 2.92. The van der Waals surface area contributed by atoms with E-state index in [9.17, 15) is 14.0 Å². The number of hydrogen-bond acceptors (Lipinski definition) is 6. The first-order valence-electron chi connectivity index (χ1n) is 11.7. The SMILES string of the molecule is COc1cc(OC)cc(C(=O)NC(=S)Nc2cc(Cl)ccc2N2CCN(C(=O)c3ccccc3F)CC2)c1. The number of thiocarbonyl (C=S) groups is 1. The summed E-state index contributed by atoms with van der Waals surface area (Å²) in [5.74, 6) is -0.373. The third-order valence-electron chi connectivity index (χ3n) is 6.06. The van der Waals surface area contributed by atoms with Gasteiger partial charge in [0.1, 0.15) is 17.3 Å². The number of rotatable bonds is 6. The molecule has 0 saturated carbocycles. The summed E-state index contributed by atoms with van der Waals surface area (Å²) in [7, 11) is 3.00. The van der Waals surface area contributed by atoms with Gasteiger partial charge < -0.3 is 24.6 Å². The molecule has 1 aliphatic heterocycles. The molecule has 0 spiro atoms. The Morgan fingerprint density at radius 2 is 1.61 bits per heavy atom. The minimum atomic E-state index is -0.535. The van der Waals surface area contributed by atoms with Crippen LogP contribution in [0.15, 0.2) is 60.7 Å². The highest BCUT2D eigenvalue weighted by molar-refractivity contribution is 7.80. The maximum Gasteiger partial charge on any atom is 0.257 e. The highest BCUT2D eigenvalue weighted by Crippen LogP contribution is 2.30. The van der Waals surface area contributed by atoms with Crippen molar-refractivity contribution in [2.24, 2.45) is 0 Å². The molecule has 0 bridgehead atoms.